The maximum absolute atomic E-state index is 13.7. The maximum Gasteiger partial charge on any atom is 0.399 e. The largest absolute Gasteiger partial charge is 0.496 e. The minimum absolute atomic E-state index is 0.00271. The number of hydrogen-bond donors (Lipinski definition) is 0. The van der Waals surface area contributed by atoms with E-state index in [4.69, 9.17) is 14.2 Å². The first kappa shape index (κ1) is 20.1. The summed E-state index contributed by atoms with van der Waals surface area (Å²) in [6.45, 7) is 0. The average molecular weight is 414 g/mol. The highest BCUT2D eigenvalue weighted by Crippen LogP contribution is 2.49. The molecule has 1 atom stereocenters. The molecule has 0 unspecified atom stereocenters. The van der Waals surface area contributed by atoms with Crippen LogP contribution in [0, 0.1) is 0 Å². The lowest BCUT2D eigenvalue weighted by molar-refractivity contribution is -0.141. The molecule has 0 aliphatic carbocycles. The molecule has 0 radical (unpaired) electrons. The molecular weight excluding hydrogens is 397 g/mol. The molecule has 0 saturated heterocycles. The van der Waals surface area contributed by atoms with E-state index in [1.165, 1.54) is 50.6 Å². The lowest BCUT2D eigenvalue weighted by atomic mass is 9.93. The molecule has 2 aromatic carbocycles. The van der Waals surface area contributed by atoms with Gasteiger partial charge in [0.1, 0.15) is 34.7 Å². The number of ether oxygens (including phenoxy) is 3. The van der Waals surface area contributed by atoms with Crippen LogP contribution < -0.4 is 14.2 Å². The Labute approximate surface area is 160 Å². The molecule has 0 bridgehead atoms. The summed E-state index contributed by atoms with van der Waals surface area (Å²) in [5.74, 6) is -3.07. The summed E-state index contributed by atoms with van der Waals surface area (Å²) >= 11 is 0. The lowest BCUT2D eigenvalue weighted by Crippen LogP contribution is -2.26. The van der Waals surface area contributed by atoms with Crippen molar-refractivity contribution in [3.8, 4) is 17.2 Å². The summed E-state index contributed by atoms with van der Waals surface area (Å²) in [7, 11) is -1.30. The predicted molar refractivity (Wildman–Crippen MR) is 95.5 cm³/mol. The molecule has 0 aromatic heterocycles. The zero-order chi connectivity index (χ0) is 20.5. The van der Waals surface area contributed by atoms with E-state index in [0.29, 0.717) is 0 Å². The molecule has 1 aliphatic rings. The van der Waals surface area contributed by atoms with E-state index < -0.39 is 27.7 Å². The van der Waals surface area contributed by atoms with Gasteiger partial charge in [-0.1, -0.05) is 18.2 Å². The van der Waals surface area contributed by atoms with Crippen LogP contribution in [0.1, 0.15) is 11.5 Å². The van der Waals surface area contributed by atoms with Gasteiger partial charge >= 0.3 is 6.18 Å². The summed E-state index contributed by atoms with van der Waals surface area (Å²) in [6.07, 6.45) is -3.89. The third-order valence-electron chi connectivity index (χ3n) is 4.23. The predicted octanol–water partition coefficient (Wildman–Crippen LogP) is 4.10. The molecule has 1 aliphatic heterocycles. The Morgan fingerprint density at radius 1 is 1.07 bits per heavy atom. The van der Waals surface area contributed by atoms with Crippen molar-refractivity contribution in [3.63, 3.8) is 0 Å². The molecule has 1 heterocycles. The second-order valence-corrected chi connectivity index (χ2v) is 8.06. The average Bonchev–Trinajstić information content (AvgIpc) is 2.65. The highest BCUT2D eigenvalue weighted by atomic mass is 32.2. The molecule has 0 saturated carbocycles. The monoisotopic (exact) mass is 414 g/mol. The first-order chi connectivity index (χ1) is 13.2. The van der Waals surface area contributed by atoms with Gasteiger partial charge in [-0.2, -0.15) is 13.2 Å². The number of allylic oxidation sites excluding steroid dienone is 1. The van der Waals surface area contributed by atoms with E-state index in [9.17, 15) is 21.6 Å². The summed E-state index contributed by atoms with van der Waals surface area (Å²) in [6, 6.07) is 10.1. The first-order valence-electron chi connectivity index (χ1n) is 8.14. The molecular formula is C19H17F3O5S. The van der Waals surface area contributed by atoms with Crippen molar-refractivity contribution in [2.45, 2.75) is 17.0 Å². The van der Waals surface area contributed by atoms with Crippen LogP contribution in [0.15, 0.2) is 59.2 Å². The van der Waals surface area contributed by atoms with E-state index >= 15 is 0 Å². The van der Waals surface area contributed by atoms with E-state index in [1.807, 2.05) is 0 Å². The van der Waals surface area contributed by atoms with Gasteiger partial charge in [0.2, 0.25) is 0 Å². The quantitative estimate of drug-likeness (QED) is 0.737. The van der Waals surface area contributed by atoms with Gasteiger partial charge in [0, 0.05) is 12.1 Å². The molecule has 0 spiro atoms. The van der Waals surface area contributed by atoms with Crippen molar-refractivity contribution >= 4 is 9.84 Å². The first-order valence-corrected chi connectivity index (χ1v) is 9.80. The molecule has 0 fully saturated rings. The summed E-state index contributed by atoms with van der Waals surface area (Å²) in [5, 5.41) is 0. The molecule has 3 rings (SSSR count). The number of hydrogen-bond acceptors (Lipinski definition) is 5. The molecule has 9 heteroatoms. The van der Waals surface area contributed by atoms with E-state index in [0.717, 1.165) is 6.08 Å². The zero-order valence-corrected chi connectivity index (χ0v) is 15.8. The Morgan fingerprint density at radius 3 is 2.32 bits per heavy atom. The van der Waals surface area contributed by atoms with E-state index in [2.05, 4.69) is 0 Å². The number of benzene rings is 2. The van der Waals surface area contributed by atoms with Crippen LogP contribution in [-0.2, 0) is 9.84 Å². The number of alkyl halides is 3. The van der Waals surface area contributed by atoms with Crippen LogP contribution in [0.5, 0.6) is 17.2 Å². The molecule has 0 N–H and O–H groups in total. The van der Waals surface area contributed by atoms with Gasteiger partial charge in [-0.25, -0.2) is 8.42 Å². The third-order valence-corrected chi connectivity index (χ3v) is 5.88. The van der Waals surface area contributed by atoms with Crippen molar-refractivity contribution < 1.29 is 35.8 Å². The number of sulfone groups is 1. The molecule has 150 valence electrons. The fraction of sp³-hybridized carbons (Fsp3) is 0.263. The topological polar surface area (TPSA) is 61.8 Å². The van der Waals surface area contributed by atoms with Crippen LogP contribution in [0.25, 0.3) is 0 Å². The summed E-state index contributed by atoms with van der Waals surface area (Å²) in [4.78, 5) is -0.00271. The highest BCUT2D eigenvalue weighted by molar-refractivity contribution is 7.91. The third kappa shape index (κ3) is 3.94. The standard InChI is InChI=1S/C19H17F3O5S/c1-25-12-9-16(26-2)18-15(19(20,21)22)8-13(27-17(18)10-12)11-28(23,24)14-6-4-3-5-7-14/h3-10,15H,11H2,1-2H3/t15-/m0/s1. The smallest absolute Gasteiger partial charge is 0.399 e. The summed E-state index contributed by atoms with van der Waals surface area (Å²) < 4.78 is 81.9. The second-order valence-electron chi connectivity index (χ2n) is 6.07. The van der Waals surface area contributed by atoms with E-state index in [-0.39, 0.29) is 33.5 Å². The van der Waals surface area contributed by atoms with Crippen molar-refractivity contribution in [3.05, 3.63) is 59.9 Å². The minimum Gasteiger partial charge on any atom is -0.496 e. The van der Waals surface area contributed by atoms with Crippen LogP contribution in [-0.4, -0.2) is 34.6 Å². The molecule has 5 nitrogen and oxygen atoms in total. The van der Waals surface area contributed by atoms with Gasteiger partial charge in [0.05, 0.1) is 24.7 Å². The van der Waals surface area contributed by atoms with Gasteiger partial charge in [0.15, 0.2) is 9.84 Å². The minimum atomic E-state index is -4.66. The fourth-order valence-electron chi connectivity index (χ4n) is 2.93. The van der Waals surface area contributed by atoms with Gasteiger partial charge in [-0.15, -0.1) is 0 Å². The molecule has 28 heavy (non-hydrogen) atoms. The molecule has 0 amide bonds. The zero-order valence-electron chi connectivity index (χ0n) is 15.0. The Morgan fingerprint density at radius 2 is 1.75 bits per heavy atom. The number of methoxy groups -OCH3 is 2. The highest BCUT2D eigenvalue weighted by Gasteiger charge is 2.45. The molecule has 2 aromatic rings. The van der Waals surface area contributed by atoms with Gasteiger partial charge in [-0.3, -0.25) is 0 Å². The SMILES string of the molecule is COc1cc(OC)c2c(c1)OC(CS(=O)(=O)c1ccccc1)=C[C@@H]2C(F)(F)F. The van der Waals surface area contributed by atoms with Crippen LogP contribution in [0.2, 0.25) is 0 Å². The van der Waals surface area contributed by atoms with Gasteiger partial charge in [-0.05, 0) is 18.2 Å². The van der Waals surface area contributed by atoms with Crippen molar-refractivity contribution in [1.29, 1.82) is 0 Å². The van der Waals surface area contributed by atoms with Crippen LogP contribution >= 0.6 is 0 Å². The van der Waals surface area contributed by atoms with Gasteiger partial charge < -0.3 is 14.2 Å². The van der Waals surface area contributed by atoms with Crippen molar-refractivity contribution in [1.82, 2.24) is 0 Å². The van der Waals surface area contributed by atoms with Gasteiger partial charge in [0.25, 0.3) is 0 Å². The van der Waals surface area contributed by atoms with Crippen molar-refractivity contribution in [2.75, 3.05) is 20.0 Å². The number of halogens is 3. The number of rotatable bonds is 5. The number of fused-ring (bicyclic) bond motifs is 1. The second kappa shape index (κ2) is 7.38. The van der Waals surface area contributed by atoms with E-state index in [1.54, 1.807) is 6.07 Å². The summed E-state index contributed by atoms with van der Waals surface area (Å²) in [5.41, 5.74) is -0.225. The van der Waals surface area contributed by atoms with Crippen LogP contribution in [0.3, 0.4) is 0 Å². The lowest BCUT2D eigenvalue weighted by Gasteiger charge is -2.28. The Hall–Kier alpha value is -2.68. The normalized spacial score (nSPS) is 16.6. The Balaban J connectivity index is 2.06. The Bertz CT molecular complexity index is 998. The maximum atomic E-state index is 13.7. The fourth-order valence-corrected chi connectivity index (χ4v) is 4.20. The van der Waals surface area contributed by atoms with Crippen LogP contribution in [0.4, 0.5) is 13.2 Å². The Kier molecular flexibility index (Phi) is 5.29. The van der Waals surface area contributed by atoms with Crippen molar-refractivity contribution in [2.24, 2.45) is 0 Å².